The van der Waals surface area contributed by atoms with Gasteiger partial charge in [-0.05, 0) is 25.7 Å². The Labute approximate surface area is 101 Å². The molecule has 0 bridgehead atoms. The van der Waals surface area contributed by atoms with Crippen LogP contribution in [-0.2, 0) is 0 Å². The first-order valence-electron chi connectivity index (χ1n) is 5.75. The van der Waals surface area contributed by atoms with Crippen LogP contribution >= 0.6 is 0 Å². The molecule has 7 heteroatoms. The van der Waals surface area contributed by atoms with E-state index >= 15 is 0 Å². The second-order valence-corrected chi connectivity index (χ2v) is 3.54. The summed E-state index contributed by atoms with van der Waals surface area (Å²) in [6.07, 6.45) is 3.73. The number of hydrogen-bond acceptors (Lipinski definition) is 6. The maximum Gasteiger partial charge on any atom is 0.274 e. The molecule has 0 saturated heterocycles. The highest BCUT2D eigenvalue weighted by Crippen LogP contribution is 1.91. The predicted molar refractivity (Wildman–Crippen MR) is 63.7 cm³/mol. The number of nitro groups is 1. The maximum atomic E-state index is 10.4. The van der Waals surface area contributed by atoms with E-state index in [0.29, 0.717) is 31.8 Å². The summed E-state index contributed by atoms with van der Waals surface area (Å²) in [4.78, 5) is 9.84. The van der Waals surface area contributed by atoms with Gasteiger partial charge in [-0.15, -0.1) is 0 Å². The van der Waals surface area contributed by atoms with Gasteiger partial charge in [0.15, 0.2) is 5.82 Å². The summed E-state index contributed by atoms with van der Waals surface area (Å²) in [5, 5.41) is 33.3. The van der Waals surface area contributed by atoms with Gasteiger partial charge in [0.2, 0.25) is 0 Å². The number of rotatable bonds is 11. The maximum absolute atomic E-state index is 10.4. The van der Waals surface area contributed by atoms with Crippen LogP contribution in [0.4, 0.5) is 0 Å². The molecule has 0 rings (SSSR count). The predicted octanol–water partition coefficient (Wildman–Crippen LogP) is -0.214. The Bertz CT molecular complexity index is 220. The third-order valence-corrected chi connectivity index (χ3v) is 2.04. The van der Waals surface area contributed by atoms with E-state index in [1.807, 2.05) is 0 Å². The van der Waals surface area contributed by atoms with Gasteiger partial charge in [-0.25, -0.2) is 0 Å². The summed E-state index contributed by atoms with van der Waals surface area (Å²) < 4.78 is 0. The van der Waals surface area contributed by atoms with Crippen molar-refractivity contribution in [2.45, 2.75) is 25.7 Å². The van der Waals surface area contributed by atoms with Crippen molar-refractivity contribution in [2.75, 3.05) is 26.3 Å². The minimum absolute atomic E-state index is 0.125. The van der Waals surface area contributed by atoms with Crippen LogP contribution in [0.1, 0.15) is 25.7 Å². The lowest BCUT2D eigenvalue weighted by Crippen LogP contribution is -2.29. The Morgan fingerprint density at radius 1 is 1.06 bits per heavy atom. The van der Waals surface area contributed by atoms with Crippen LogP contribution < -0.4 is 10.6 Å². The van der Waals surface area contributed by atoms with E-state index in [2.05, 4.69) is 10.6 Å². The molecule has 0 amide bonds. The Morgan fingerprint density at radius 2 is 1.53 bits per heavy atom. The van der Waals surface area contributed by atoms with Crippen LogP contribution in [-0.4, -0.2) is 41.4 Å². The Balaban J connectivity index is 3.85. The summed E-state index contributed by atoms with van der Waals surface area (Å²) in [6, 6.07) is 0. The molecule has 0 heterocycles. The highest BCUT2D eigenvalue weighted by molar-refractivity contribution is 4.91. The smallest absolute Gasteiger partial charge is 0.274 e. The van der Waals surface area contributed by atoms with Gasteiger partial charge in [0, 0.05) is 26.3 Å². The fourth-order valence-corrected chi connectivity index (χ4v) is 1.18. The van der Waals surface area contributed by atoms with Gasteiger partial charge in [-0.1, -0.05) is 0 Å². The first-order chi connectivity index (χ1) is 8.20. The van der Waals surface area contributed by atoms with Crippen molar-refractivity contribution >= 4 is 0 Å². The van der Waals surface area contributed by atoms with Crippen molar-refractivity contribution in [3.05, 3.63) is 22.1 Å². The van der Waals surface area contributed by atoms with E-state index < -0.39 is 4.92 Å². The van der Waals surface area contributed by atoms with Gasteiger partial charge < -0.3 is 20.8 Å². The van der Waals surface area contributed by atoms with E-state index in [9.17, 15) is 10.1 Å². The number of hydrogen-bond donors (Lipinski definition) is 4. The molecule has 17 heavy (non-hydrogen) atoms. The van der Waals surface area contributed by atoms with Crippen LogP contribution in [0, 0.1) is 10.1 Å². The minimum atomic E-state index is -0.520. The van der Waals surface area contributed by atoms with Gasteiger partial charge in [-0.3, -0.25) is 10.1 Å². The highest BCUT2D eigenvalue weighted by atomic mass is 16.6. The molecule has 0 saturated carbocycles. The third kappa shape index (κ3) is 10.9. The first kappa shape index (κ1) is 15.7. The second-order valence-electron chi connectivity index (χ2n) is 3.54. The van der Waals surface area contributed by atoms with Crippen molar-refractivity contribution in [3.63, 3.8) is 0 Å². The number of nitrogens with zero attached hydrogens (tertiary/aromatic N) is 1. The SMILES string of the molecule is O=[N+]([O-])C=C(NCCCCO)NCCCCO. The second kappa shape index (κ2) is 11.2. The largest absolute Gasteiger partial charge is 0.396 e. The molecule has 0 aliphatic rings. The topological polar surface area (TPSA) is 108 Å². The van der Waals surface area contributed by atoms with Crippen LogP contribution in [0.3, 0.4) is 0 Å². The van der Waals surface area contributed by atoms with Crippen LogP contribution in [0.5, 0.6) is 0 Å². The molecule has 7 nitrogen and oxygen atoms in total. The fourth-order valence-electron chi connectivity index (χ4n) is 1.18. The van der Waals surface area contributed by atoms with Gasteiger partial charge in [0.25, 0.3) is 6.20 Å². The first-order valence-corrected chi connectivity index (χ1v) is 5.75. The molecule has 0 aliphatic carbocycles. The zero-order valence-electron chi connectivity index (χ0n) is 9.89. The summed E-state index contributed by atoms with van der Waals surface area (Å²) in [5.41, 5.74) is 0. The number of nitrogens with one attached hydrogen (secondary N) is 2. The average molecular weight is 247 g/mol. The van der Waals surface area contributed by atoms with Crippen molar-refractivity contribution < 1.29 is 15.1 Å². The fraction of sp³-hybridized carbons (Fsp3) is 0.800. The molecule has 4 N–H and O–H groups in total. The monoisotopic (exact) mass is 247 g/mol. The molecule has 0 aromatic carbocycles. The number of aliphatic hydroxyl groups excluding tert-OH is 2. The molecular formula is C10H21N3O4. The van der Waals surface area contributed by atoms with Crippen LogP contribution in [0.25, 0.3) is 0 Å². The van der Waals surface area contributed by atoms with Gasteiger partial charge in [0.1, 0.15) is 0 Å². The quantitative estimate of drug-likeness (QED) is 0.228. The number of unbranched alkanes of at least 4 members (excludes halogenated alkanes) is 2. The van der Waals surface area contributed by atoms with Gasteiger partial charge in [-0.2, -0.15) is 0 Å². The molecule has 0 fully saturated rings. The van der Waals surface area contributed by atoms with E-state index in [1.54, 1.807) is 0 Å². The lowest BCUT2D eigenvalue weighted by molar-refractivity contribution is -0.404. The van der Waals surface area contributed by atoms with Crippen LogP contribution in [0.15, 0.2) is 12.0 Å². The molecule has 0 unspecified atom stereocenters. The summed E-state index contributed by atoms with van der Waals surface area (Å²) in [7, 11) is 0. The number of aliphatic hydroxyl groups is 2. The summed E-state index contributed by atoms with van der Waals surface area (Å²) in [5.74, 6) is 0.367. The zero-order chi connectivity index (χ0) is 12.9. The highest BCUT2D eigenvalue weighted by Gasteiger charge is 2.01. The summed E-state index contributed by atoms with van der Waals surface area (Å²) in [6.45, 7) is 1.40. The zero-order valence-corrected chi connectivity index (χ0v) is 9.89. The molecular weight excluding hydrogens is 226 g/mol. The summed E-state index contributed by atoms with van der Waals surface area (Å²) >= 11 is 0. The standard InChI is InChI=1S/C10H21N3O4/c14-7-3-1-5-11-10(9-13(16)17)12-6-2-4-8-15/h9,11-12,14-15H,1-8H2. The van der Waals surface area contributed by atoms with Crippen molar-refractivity contribution in [1.29, 1.82) is 0 Å². The van der Waals surface area contributed by atoms with Gasteiger partial charge in [0.05, 0.1) is 4.92 Å². The van der Waals surface area contributed by atoms with E-state index in [4.69, 9.17) is 10.2 Å². The van der Waals surface area contributed by atoms with Crippen LogP contribution in [0.2, 0.25) is 0 Å². The van der Waals surface area contributed by atoms with Crippen molar-refractivity contribution in [1.82, 2.24) is 10.6 Å². The molecule has 0 radical (unpaired) electrons. The van der Waals surface area contributed by atoms with Gasteiger partial charge >= 0.3 is 0 Å². The third-order valence-electron chi connectivity index (χ3n) is 2.04. The Morgan fingerprint density at radius 3 is 1.88 bits per heavy atom. The lowest BCUT2D eigenvalue weighted by Gasteiger charge is -2.10. The molecule has 0 spiro atoms. The normalized spacial score (nSPS) is 9.76. The van der Waals surface area contributed by atoms with E-state index in [1.165, 1.54) is 0 Å². The average Bonchev–Trinajstić information content (AvgIpc) is 2.29. The van der Waals surface area contributed by atoms with Crippen molar-refractivity contribution in [2.24, 2.45) is 0 Å². The Hall–Kier alpha value is -1.34. The van der Waals surface area contributed by atoms with E-state index in [-0.39, 0.29) is 13.2 Å². The lowest BCUT2D eigenvalue weighted by atomic mass is 10.3. The molecule has 0 aromatic heterocycles. The Kier molecular flexibility index (Phi) is 10.3. The molecule has 0 aromatic rings. The molecule has 0 atom stereocenters. The molecule has 100 valence electrons. The van der Waals surface area contributed by atoms with Crippen molar-refractivity contribution in [3.8, 4) is 0 Å². The van der Waals surface area contributed by atoms with E-state index in [0.717, 1.165) is 19.0 Å². The minimum Gasteiger partial charge on any atom is -0.396 e. The molecule has 0 aliphatic heterocycles.